The van der Waals surface area contributed by atoms with E-state index in [-0.39, 0.29) is 16.9 Å². The zero-order chi connectivity index (χ0) is 11.3. The van der Waals surface area contributed by atoms with E-state index in [0.29, 0.717) is 5.56 Å². The summed E-state index contributed by atoms with van der Waals surface area (Å²) in [6.07, 6.45) is 0.973. The van der Waals surface area contributed by atoms with Crippen molar-refractivity contribution in [2.45, 2.75) is 25.8 Å². The zero-order valence-corrected chi connectivity index (χ0v) is 9.98. The molecule has 3 nitrogen and oxygen atoms in total. The Hall–Kier alpha value is -0.870. The monoisotopic (exact) mass is 225 g/mol. The van der Waals surface area contributed by atoms with Crippen LogP contribution in [0.1, 0.15) is 35.5 Å². The molecule has 0 saturated heterocycles. The fourth-order valence-electron chi connectivity index (χ4n) is 1.87. The molecule has 1 heterocycles. The molecule has 0 radical (unpaired) electrons. The quantitative estimate of drug-likeness (QED) is 0.784. The van der Waals surface area contributed by atoms with Crippen molar-refractivity contribution in [1.29, 1.82) is 0 Å². The number of carbonyl (C=O) groups is 1. The molecular formula is C11H15NO2S. The second kappa shape index (κ2) is 3.06. The Labute approximate surface area is 93.2 Å². The molecule has 2 rings (SSSR count). The first kappa shape index (κ1) is 10.6. The zero-order valence-electron chi connectivity index (χ0n) is 9.16. The summed E-state index contributed by atoms with van der Waals surface area (Å²) in [5.74, 6) is -0.292. The molecule has 1 unspecified atom stereocenters. The van der Waals surface area contributed by atoms with Crippen LogP contribution in [0.3, 0.4) is 0 Å². The lowest BCUT2D eigenvalue weighted by Gasteiger charge is -2.12. The molecule has 0 amide bonds. The fourth-order valence-corrected chi connectivity index (χ4v) is 3.04. The molecule has 4 heteroatoms. The Morgan fingerprint density at radius 1 is 1.60 bits per heavy atom. The molecule has 0 aliphatic heterocycles. The van der Waals surface area contributed by atoms with Crippen LogP contribution >= 0.6 is 11.3 Å². The maximum absolute atomic E-state index is 11.3. The maximum atomic E-state index is 11.3. The summed E-state index contributed by atoms with van der Waals surface area (Å²) >= 11 is 1.54. The molecule has 0 spiro atoms. The standard InChI is InChI=1S/C11H15NO2S/c1-10(2)6-11(10,12)8-4-7(5-15-8)9(13)14-3/h4-5H,6,12H2,1-3H3. The van der Waals surface area contributed by atoms with Crippen LogP contribution in [0.25, 0.3) is 0 Å². The van der Waals surface area contributed by atoms with Gasteiger partial charge in [0.05, 0.1) is 18.2 Å². The van der Waals surface area contributed by atoms with Gasteiger partial charge < -0.3 is 10.5 Å². The predicted molar refractivity (Wildman–Crippen MR) is 59.9 cm³/mol. The van der Waals surface area contributed by atoms with Gasteiger partial charge in [-0.2, -0.15) is 0 Å². The Balaban J connectivity index is 2.26. The molecule has 1 aliphatic rings. The van der Waals surface area contributed by atoms with Crippen LogP contribution in [0, 0.1) is 5.41 Å². The molecule has 1 aliphatic carbocycles. The molecule has 1 fully saturated rings. The number of thiophene rings is 1. The highest BCUT2D eigenvalue weighted by Crippen LogP contribution is 2.61. The number of rotatable bonds is 2. The van der Waals surface area contributed by atoms with Gasteiger partial charge in [0, 0.05) is 10.3 Å². The second-order valence-electron chi connectivity index (χ2n) is 4.72. The highest BCUT2D eigenvalue weighted by molar-refractivity contribution is 7.10. The van der Waals surface area contributed by atoms with Crippen LogP contribution in [-0.4, -0.2) is 13.1 Å². The first-order chi connectivity index (χ1) is 6.90. The summed E-state index contributed by atoms with van der Waals surface area (Å²) in [7, 11) is 1.39. The summed E-state index contributed by atoms with van der Waals surface area (Å²) in [5, 5.41) is 1.81. The van der Waals surface area contributed by atoms with E-state index in [0.717, 1.165) is 11.3 Å². The molecule has 1 saturated carbocycles. The van der Waals surface area contributed by atoms with Gasteiger partial charge >= 0.3 is 5.97 Å². The number of methoxy groups -OCH3 is 1. The number of hydrogen-bond donors (Lipinski definition) is 1. The average molecular weight is 225 g/mol. The van der Waals surface area contributed by atoms with E-state index in [4.69, 9.17) is 5.73 Å². The van der Waals surface area contributed by atoms with E-state index in [9.17, 15) is 4.79 Å². The van der Waals surface area contributed by atoms with E-state index in [1.807, 2.05) is 11.4 Å². The Morgan fingerprint density at radius 2 is 2.20 bits per heavy atom. The molecule has 1 aromatic heterocycles. The van der Waals surface area contributed by atoms with Crippen molar-refractivity contribution in [1.82, 2.24) is 0 Å². The molecule has 15 heavy (non-hydrogen) atoms. The van der Waals surface area contributed by atoms with E-state index < -0.39 is 0 Å². The van der Waals surface area contributed by atoms with Gasteiger partial charge in [0.1, 0.15) is 0 Å². The smallest absolute Gasteiger partial charge is 0.338 e. The number of nitrogens with two attached hydrogens (primary N) is 1. The van der Waals surface area contributed by atoms with Gasteiger partial charge in [-0.15, -0.1) is 11.3 Å². The van der Waals surface area contributed by atoms with Crippen molar-refractivity contribution >= 4 is 17.3 Å². The third-order valence-corrected chi connectivity index (χ3v) is 4.37. The molecule has 1 atom stereocenters. The summed E-state index contributed by atoms with van der Waals surface area (Å²) in [5.41, 5.74) is 6.76. The number of hydrogen-bond acceptors (Lipinski definition) is 4. The van der Waals surface area contributed by atoms with Crippen molar-refractivity contribution < 1.29 is 9.53 Å². The molecule has 82 valence electrons. The largest absolute Gasteiger partial charge is 0.465 e. The van der Waals surface area contributed by atoms with E-state index in [1.54, 1.807) is 0 Å². The first-order valence-corrected chi connectivity index (χ1v) is 5.75. The van der Waals surface area contributed by atoms with Crippen molar-refractivity contribution in [2.75, 3.05) is 7.11 Å². The minimum absolute atomic E-state index is 0.144. The van der Waals surface area contributed by atoms with E-state index >= 15 is 0 Å². The van der Waals surface area contributed by atoms with Gasteiger partial charge in [0.2, 0.25) is 0 Å². The first-order valence-electron chi connectivity index (χ1n) is 4.87. The lowest BCUT2D eigenvalue weighted by atomic mass is 10.0. The van der Waals surface area contributed by atoms with Gasteiger partial charge in [-0.3, -0.25) is 0 Å². The molecule has 2 N–H and O–H groups in total. The fraction of sp³-hybridized carbons (Fsp3) is 0.545. The van der Waals surface area contributed by atoms with Crippen LogP contribution in [0.15, 0.2) is 11.4 Å². The van der Waals surface area contributed by atoms with Crippen LogP contribution in [0.5, 0.6) is 0 Å². The Kier molecular flexibility index (Phi) is 2.17. The van der Waals surface area contributed by atoms with Gasteiger partial charge in [0.25, 0.3) is 0 Å². The van der Waals surface area contributed by atoms with Crippen molar-refractivity contribution in [3.05, 3.63) is 21.9 Å². The van der Waals surface area contributed by atoms with Crippen molar-refractivity contribution in [2.24, 2.45) is 11.1 Å². The molecular weight excluding hydrogens is 210 g/mol. The van der Waals surface area contributed by atoms with Crippen LogP contribution in [0.2, 0.25) is 0 Å². The topological polar surface area (TPSA) is 52.3 Å². The van der Waals surface area contributed by atoms with E-state index in [1.165, 1.54) is 18.4 Å². The third kappa shape index (κ3) is 1.48. The van der Waals surface area contributed by atoms with Crippen molar-refractivity contribution in [3.8, 4) is 0 Å². The lowest BCUT2D eigenvalue weighted by Crippen LogP contribution is -2.24. The number of esters is 1. The van der Waals surface area contributed by atoms with Gasteiger partial charge in [0.15, 0.2) is 0 Å². The molecule has 1 aromatic rings. The normalized spacial score (nSPS) is 27.5. The average Bonchev–Trinajstić information content (AvgIpc) is 2.57. The maximum Gasteiger partial charge on any atom is 0.338 e. The van der Waals surface area contributed by atoms with Gasteiger partial charge in [-0.25, -0.2) is 4.79 Å². The summed E-state index contributed by atoms with van der Waals surface area (Å²) in [6.45, 7) is 4.29. The number of carbonyl (C=O) groups excluding carboxylic acids is 1. The highest BCUT2D eigenvalue weighted by atomic mass is 32.1. The summed E-state index contributed by atoms with van der Waals surface area (Å²) in [6, 6.07) is 1.85. The van der Waals surface area contributed by atoms with Crippen LogP contribution in [0.4, 0.5) is 0 Å². The summed E-state index contributed by atoms with van der Waals surface area (Å²) in [4.78, 5) is 12.4. The molecule has 0 aromatic carbocycles. The minimum Gasteiger partial charge on any atom is -0.465 e. The highest BCUT2D eigenvalue weighted by Gasteiger charge is 2.60. The van der Waals surface area contributed by atoms with Crippen LogP contribution in [-0.2, 0) is 10.3 Å². The minimum atomic E-state index is -0.292. The van der Waals surface area contributed by atoms with Crippen LogP contribution < -0.4 is 5.73 Å². The predicted octanol–water partition coefficient (Wildman–Crippen LogP) is 2.12. The SMILES string of the molecule is COC(=O)c1csc(C2(N)CC2(C)C)c1. The molecule has 0 bridgehead atoms. The van der Waals surface area contributed by atoms with Crippen molar-refractivity contribution in [3.63, 3.8) is 0 Å². The number of ether oxygens (including phenoxy) is 1. The third-order valence-electron chi connectivity index (χ3n) is 3.26. The lowest BCUT2D eigenvalue weighted by molar-refractivity contribution is 0.0601. The Bertz CT molecular complexity index is 410. The van der Waals surface area contributed by atoms with E-state index in [2.05, 4.69) is 18.6 Å². The summed E-state index contributed by atoms with van der Waals surface area (Å²) < 4.78 is 4.66. The van der Waals surface area contributed by atoms with Gasteiger partial charge in [-0.1, -0.05) is 13.8 Å². The second-order valence-corrected chi connectivity index (χ2v) is 5.63. The Morgan fingerprint density at radius 3 is 2.67 bits per heavy atom. The van der Waals surface area contributed by atoms with Gasteiger partial charge in [-0.05, 0) is 17.9 Å².